The Labute approximate surface area is 149 Å². The lowest BCUT2D eigenvalue weighted by atomic mass is 10.0. The van der Waals surface area contributed by atoms with Gasteiger partial charge in [-0.3, -0.25) is 9.59 Å². The maximum atomic E-state index is 12.4. The molecule has 0 spiro atoms. The van der Waals surface area contributed by atoms with Gasteiger partial charge >= 0.3 is 0 Å². The van der Waals surface area contributed by atoms with Gasteiger partial charge in [-0.2, -0.15) is 0 Å². The molecular formula is C18H19BrN2O3. The number of hydrogen-bond acceptors (Lipinski definition) is 3. The minimum Gasteiger partial charge on any atom is -0.472 e. The van der Waals surface area contributed by atoms with Gasteiger partial charge in [-0.15, -0.1) is 0 Å². The van der Waals surface area contributed by atoms with E-state index in [9.17, 15) is 9.59 Å². The Morgan fingerprint density at radius 1 is 1.25 bits per heavy atom. The molecule has 2 heterocycles. The van der Waals surface area contributed by atoms with E-state index in [2.05, 4.69) is 21.2 Å². The van der Waals surface area contributed by atoms with E-state index in [1.54, 1.807) is 11.0 Å². The van der Waals surface area contributed by atoms with E-state index in [0.29, 0.717) is 24.2 Å². The highest BCUT2D eigenvalue weighted by molar-refractivity contribution is 9.10. The Morgan fingerprint density at radius 2 is 2.00 bits per heavy atom. The van der Waals surface area contributed by atoms with E-state index in [1.165, 1.54) is 12.5 Å². The number of nitrogens with zero attached hydrogens (tertiary/aromatic N) is 1. The number of furan rings is 1. The molecule has 24 heavy (non-hydrogen) atoms. The first-order valence-corrected chi connectivity index (χ1v) is 8.72. The minimum atomic E-state index is -0.0559. The van der Waals surface area contributed by atoms with Crippen molar-refractivity contribution in [1.29, 1.82) is 0 Å². The highest BCUT2D eigenvalue weighted by Gasteiger charge is 2.25. The molecule has 3 rings (SSSR count). The number of rotatable bonds is 3. The quantitative estimate of drug-likeness (QED) is 0.873. The maximum absolute atomic E-state index is 12.4. The fourth-order valence-electron chi connectivity index (χ4n) is 2.94. The predicted molar refractivity (Wildman–Crippen MR) is 94.0 cm³/mol. The second-order valence-electron chi connectivity index (χ2n) is 6.01. The summed E-state index contributed by atoms with van der Waals surface area (Å²) in [7, 11) is 0. The van der Waals surface area contributed by atoms with Gasteiger partial charge in [0.2, 0.25) is 0 Å². The average molecular weight is 391 g/mol. The number of likely N-dealkylation sites (tertiary alicyclic amines) is 1. The number of carbonyl (C=O) groups excluding carboxylic acids is 2. The van der Waals surface area contributed by atoms with Crippen LogP contribution >= 0.6 is 15.9 Å². The summed E-state index contributed by atoms with van der Waals surface area (Å²) in [5.74, 6) is -0.0723. The SMILES string of the molecule is Cc1cc(Br)ccc1C(=O)NC1CCN(C(=O)c2ccoc2)CC1. The molecule has 5 nitrogen and oxygen atoms in total. The third kappa shape index (κ3) is 3.70. The van der Waals surface area contributed by atoms with Crippen LogP contribution in [0.5, 0.6) is 0 Å². The number of carbonyl (C=O) groups is 2. The number of amides is 2. The molecule has 1 aliphatic heterocycles. The Bertz CT molecular complexity index is 735. The summed E-state index contributed by atoms with van der Waals surface area (Å²) in [6, 6.07) is 7.39. The van der Waals surface area contributed by atoms with E-state index in [0.717, 1.165) is 22.9 Å². The monoisotopic (exact) mass is 390 g/mol. The molecule has 0 unspecified atom stereocenters. The standard InChI is InChI=1S/C18H19BrN2O3/c1-12-10-14(19)2-3-16(12)17(22)20-15-4-7-21(8-5-15)18(23)13-6-9-24-11-13/h2-3,6,9-11,15H,4-5,7-8H2,1H3,(H,20,22). The van der Waals surface area contributed by atoms with Crippen LogP contribution < -0.4 is 5.32 Å². The van der Waals surface area contributed by atoms with Crippen molar-refractivity contribution in [3.8, 4) is 0 Å². The van der Waals surface area contributed by atoms with E-state index >= 15 is 0 Å². The van der Waals surface area contributed by atoms with Crippen LogP contribution in [-0.4, -0.2) is 35.8 Å². The molecule has 1 aromatic heterocycles. The van der Waals surface area contributed by atoms with E-state index in [1.807, 2.05) is 25.1 Å². The second-order valence-corrected chi connectivity index (χ2v) is 6.93. The van der Waals surface area contributed by atoms with Gasteiger partial charge in [-0.1, -0.05) is 15.9 Å². The third-order valence-electron chi connectivity index (χ3n) is 4.32. The van der Waals surface area contributed by atoms with Crippen LogP contribution in [0.1, 0.15) is 39.1 Å². The van der Waals surface area contributed by atoms with Crippen LogP contribution in [0.2, 0.25) is 0 Å². The molecule has 1 fully saturated rings. The number of hydrogen-bond donors (Lipinski definition) is 1. The molecule has 6 heteroatoms. The summed E-state index contributed by atoms with van der Waals surface area (Å²) in [4.78, 5) is 26.5. The van der Waals surface area contributed by atoms with E-state index in [4.69, 9.17) is 4.42 Å². The minimum absolute atomic E-state index is 0.0164. The zero-order valence-electron chi connectivity index (χ0n) is 13.4. The van der Waals surface area contributed by atoms with Crippen molar-refractivity contribution in [2.45, 2.75) is 25.8 Å². The molecule has 2 aromatic rings. The molecule has 0 atom stereocenters. The van der Waals surface area contributed by atoms with Gasteiger partial charge in [0.15, 0.2) is 0 Å². The van der Waals surface area contributed by atoms with Crippen molar-refractivity contribution in [2.24, 2.45) is 0 Å². The highest BCUT2D eigenvalue weighted by atomic mass is 79.9. The fourth-order valence-corrected chi connectivity index (χ4v) is 3.42. The van der Waals surface area contributed by atoms with Gasteiger partial charge in [0.1, 0.15) is 6.26 Å². The Hall–Kier alpha value is -2.08. The number of halogens is 1. The molecule has 1 aromatic carbocycles. The smallest absolute Gasteiger partial charge is 0.257 e. The van der Waals surface area contributed by atoms with Crippen LogP contribution in [0.25, 0.3) is 0 Å². The molecular weight excluding hydrogens is 372 g/mol. The van der Waals surface area contributed by atoms with Crippen LogP contribution in [0.4, 0.5) is 0 Å². The van der Waals surface area contributed by atoms with Crippen LogP contribution in [-0.2, 0) is 0 Å². The molecule has 0 saturated carbocycles. The van der Waals surface area contributed by atoms with Crippen molar-refractivity contribution in [1.82, 2.24) is 10.2 Å². The summed E-state index contributed by atoms with van der Waals surface area (Å²) in [5.41, 5.74) is 2.20. The zero-order valence-corrected chi connectivity index (χ0v) is 15.0. The van der Waals surface area contributed by atoms with Crippen molar-refractivity contribution < 1.29 is 14.0 Å². The Morgan fingerprint density at radius 3 is 2.62 bits per heavy atom. The first-order chi connectivity index (χ1) is 11.5. The van der Waals surface area contributed by atoms with Gasteiger partial charge < -0.3 is 14.6 Å². The van der Waals surface area contributed by atoms with Crippen molar-refractivity contribution in [2.75, 3.05) is 13.1 Å². The zero-order chi connectivity index (χ0) is 17.1. The Kier molecular flexibility index (Phi) is 5.04. The average Bonchev–Trinajstić information content (AvgIpc) is 3.09. The lowest BCUT2D eigenvalue weighted by Crippen LogP contribution is -2.46. The molecule has 0 bridgehead atoms. The molecule has 1 aliphatic rings. The summed E-state index contributed by atoms with van der Waals surface area (Å²) >= 11 is 3.40. The number of nitrogens with one attached hydrogen (secondary N) is 1. The number of piperidine rings is 1. The van der Waals surface area contributed by atoms with Crippen LogP contribution in [0.15, 0.2) is 45.7 Å². The largest absolute Gasteiger partial charge is 0.472 e. The summed E-state index contributed by atoms with van der Waals surface area (Å²) in [6.45, 7) is 3.19. The number of aryl methyl sites for hydroxylation is 1. The summed E-state index contributed by atoms with van der Waals surface area (Å²) in [6.07, 6.45) is 4.48. The number of benzene rings is 1. The van der Waals surface area contributed by atoms with E-state index < -0.39 is 0 Å². The first kappa shape index (κ1) is 16.8. The highest BCUT2D eigenvalue weighted by Crippen LogP contribution is 2.18. The third-order valence-corrected chi connectivity index (χ3v) is 4.81. The summed E-state index contributed by atoms with van der Waals surface area (Å²) < 4.78 is 5.92. The van der Waals surface area contributed by atoms with Crippen LogP contribution in [0, 0.1) is 6.92 Å². The summed E-state index contributed by atoms with van der Waals surface area (Å²) in [5, 5.41) is 3.08. The van der Waals surface area contributed by atoms with Gasteiger partial charge in [0.25, 0.3) is 11.8 Å². The Balaban J connectivity index is 1.55. The van der Waals surface area contributed by atoms with Gasteiger partial charge in [-0.05, 0) is 49.6 Å². The van der Waals surface area contributed by atoms with Crippen molar-refractivity contribution >= 4 is 27.7 Å². The normalized spacial score (nSPS) is 15.3. The predicted octanol–water partition coefficient (Wildman–Crippen LogP) is 3.39. The first-order valence-electron chi connectivity index (χ1n) is 7.93. The van der Waals surface area contributed by atoms with E-state index in [-0.39, 0.29) is 17.9 Å². The van der Waals surface area contributed by atoms with Gasteiger partial charge in [-0.25, -0.2) is 0 Å². The van der Waals surface area contributed by atoms with Crippen LogP contribution in [0.3, 0.4) is 0 Å². The van der Waals surface area contributed by atoms with Gasteiger partial charge in [0.05, 0.1) is 11.8 Å². The van der Waals surface area contributed by atoms with Crippen molar-refractivity contribution in [3.05, 3.63) is 58.0 Å². The molecule has 1 saturated heterocycles. The second kappa shape index (κ2) is 7.21. The topological polar surface area (TPSA) is 62.6 Å². The molecule has 2 amide bonds. The maximum Gasteiger partial charge on any atom is 0.257 e. The molecule has 0 radical (unpaired) electrons. The fraction of sp³-hybridized carbons (Fsp3) is 0.333. The van der Waals surface area contributed by atoms with Crippen molar-refractivity contribution in [3.63, 3.8) is 0 Å². The lowest BCUT2D eigenvalue weighted by molar-refractivity contribution is 0.0697. The molecule has 1 N–H and O–H groups in total. The van der Waals surface area contributed by atoms with Gasteiger partial charge in [0, 0.05) is 29.2 Å². The lowest BCUT2D eigenvalue weighted by Gasteiger charge is -2.32. The molecule has 126 valence electrons. The molecule has 0 aliphatic carbocycles.